The lowest BCUT2D eigenvalue weighted by atomic mass is 9.97. The smallest absolute Gasteiger partial charge is 0.231 e. The van der Waals surface area contributed by atoms with Crippen molar-refractivity contribution >= 4 is 0 Å². The first kappa shape index (κ1) is 12.5. The molecule has 1 saturated heterocycles. The predicted molar refractivity (Wildman–Crippen MR) is 65.7 cm³/mol. The second-order valence-electron chi connectivity index (χ2n) is 5.02. The van der Waals surface area contributed by atoms with Gasteiger partial charge in [-0.2, -0.15) is 4.98 Å². The third-order valence-electron chi connectivity index (χ3n) is 3.38. The van der Waals surface area contributed by atoms with Crippen LogP contribution in [0.25, 0.3) is 0 Å². The highest BCUT2D eigenvalue weighted by Crippen LogP contribution is 2.26. The van der Waals surface area contributed by atoms with Crippen molar-refractivity contribution in [3.8, 4) is 0 Å². The molecule has 96 valence electrons. The summed E-state index contributed by atoms with van der Waals surface area (Å²) in [7, 11) is 0. The van der Waals surface area contributed by atoms with Gasteiger partial charge < -0.3 is 15.2 Å². The van der Waals surface area contributed by atoms with Crippen LogP contribution in [0.2, 0.25) is 0 Å². The van der Waals surface area contributed by atoms with E-state index in [2.05, 4.69) is 28.9 Å². The van der Waals surface area contributed by atoms with Gasteiger partial charge in [0, 0.05) is 19.0 Å². The molecule has 0 bridgehead atoms. The average molecular weight is 238 g/mol. The van der Waals surface area contributed by atoms with Crippen LogP contribution in [-0.4, -0.2) is 40.7 Å². The summed E-state index contributed by atoms with van der Waals surface area (Å²) < 4.78 is 5.34. The van der Waals surface area contributed by atoms with Crippen LogP contribution in [0.15, 0.2) is 4.52 Å². The highest BCUT2D eigenvalue weighted by atomic mass is 16.5. The molecule has 1 aromatic heterocycles. The zero-order chi connectivity index (χ0) is 12.3. The monoisotopic (exact) mass is 238 g/mol. The summed E-state index contributed by atoms with van der Waals surface area (Å²) in [4.78, 5) is 6.91. The molecular weight excluding hydrogens is 216 g/mol. The SMILES string of the molecule is CC(C)N1CCCC(c2nc(CCN)no2)C1. The van der Waals surface area contributed by atoms with Gasteiger partial charge in [0.05, 0.1) is 5.92 Å². The summed E-state index contributed by atoms with van der Waals surface area (Å²) in [5, 5.41) is 3.97. The van der Waals surface area contributed by atoms with Crippen LogP contribution in [0.5, 0.6) is 0 Å². The second-order valence-corrected chi connectivity index (χ2v) is 5.02. The fourth-order valence-electron chi connectivity index (χ4n) is 2.34. The number of hydrogen-bond acceptors (Lipinski definition) is 5. The Labute approximate surface area is 102 Å². The third-order valence-corrected chi connectivity index (χ3v) is 3.38. The van der Waals surface area contributed by atoms with Gasteiger partial charge in [-0.25, -0.2) is 0 Å². The molecule has 0 amide bonds. The van der Waals surface area contributed by atoms with Crippen molar-refractivity contribution in [2.45, 2.75) is 45.1 Å². The van der Waals surface area contributed by atoms with Gasteiger partial charge in [0.25, 0.3) is 0 Å². The predicted octanol–water partition coefficient (Wildman–Crippen LogP) is 1.16. The molecule has 0 spiro atoms. The molecule has 0 radical (unpaired) electrons. The van der Waals surface area contributed by atoms with E-state index in [1.54, 1.807) is 0 Å². The molecule has 0 aliphatic carbocycles. The normalized spacial score (nSPS) is 22.2. The molecule has 1 atom stereocenters. The lowest BCUT2D eigenvalue weighted by Gasteiger charge is -2.33. The van der Waals surface area contributed by atoms with Crippen LogP contribution in [-0.2, 0) is 6.42 Å². The molecule has 1 unspecified atom stereocenters. The molecule has 1 fully saturated rings. The molecule has 2 heterocycles. The average Bonchev–Trinajstić information content (AvgIpc) is 2.78. The van der Waals surface area contributed by atoms with Crippen LogP contribution in [0.1, 0.15) is 44.3 Å². The zero-order valence-corrected chi connectivity index (χ0v) is 10.7. The molecule has 1 aliphatic heterocycles. The van der Waals surface area contributed by atoms with E-state index in [1.165, 1.54) is 13.0 Å². The van der Waals surface area contributed by atoms with E-state index in [0.717, 1.165) is 24.7 Å². The summed E-state index contributed by atoms with van der Waals surface area (Å²) in [6.07, 6.45) is 3.05. The van der Waals surface area contributed by atoms with Crippen molar-refractivity contribution in [2.75, 3.05) is 19.6 Å². The molecule has 17 heavy (non-hydrogen) atoms. The van der Waals surface area contributed by atoms with E-state index in [9.17, 15) is 0 Å². The second kappa shape index (κ2) is 5.60. The Morgan fingerprint density at radius 2 is 2.35 bits per heavy atom. The van der Waals surface area contributed by atoms with Gasteiger partial charge in [-0.1, -0.05) is 5.16 Å². The maximum atomic E-state index is 5.48. The maximum Gasteiger partial charge on any atom is 0.231 e. The number of piperidine rings is 1. The number of nitrogens with two attached hydrogens (primary N) is 1. The van der Waals surface area contributed by atoms with E-state index in [1.807, 2.05) is 0 Å². The van der Waals surface area contributed by atoms with Crippen LogP contribution in [0.3, 0.4) is 0 Å². The topological polar surface area (TPSA) is 68.2 Å². The Bertz CT molecular complexity index is 350. The summed E-state index contributed by atoms with van der Waals surface area (Å²) in [5.41, 5.74) is 5.48. The van der Waals surface area contributed by atoms with Gasteiger partial charge in [-0.15, -0.1) is 0 Å². The van der Waals surface area contributed by atoms with Gasteiger partial charge in [0.15, 0.2) is 5.82 Å². The minimum absolute atomic E-state index is 0.394. The largest absolute Gasteiger partial charge is 0.339 e. The minimum Gasteiger partial charge on any atom is -0.339 e. The Kier molecular flexibility index (Phi) is 4.12. The molecule has 2 rings (SSSR count). The van der Waals surface area contributed by atoms with E-state index in [4.69, 9.17) is 10.3 Å². The Morgan fingerprint density at radius 3 is 3.06 bits per heavy atom. The van der Waals surface area contributed by atoms with Crippen LogP contribution in [0.4, 0.5) is 0 Å². The standard InChI is InChI=1S/C12H22N4O/c1-9(2)16-7-3-4-10(8-16)12-14-11(5-6-13)15-17-12/h9-10H,3-8,13H2,1-2H3. The highest BCUT2D eigenvalue weighted by Gasteiger charge is 2.26. The van der Waals surface area contributed by atoms with Crippen molar-refractivity contribution < 1.29 is 4.52 Å². The van der Waals surface area contributed by atoms with Gasteiger partial charge >= 0.3 is 0 Å². The van der Waals surface area contributed by atoms with Crippen molar-refractivity contribution in [3.05, 3.63) is 11.7 Å². The number of aromatic nitrogens is 2. The summed E-state index contributed by atoms with van der Waals surface area (Å²) >= 11 is 0. The lowest BCUT2D eigenvalue weighted by Crippen LogP contribution is -2.39. The van der Waals surface area contributed by atoms with Crippen LogP contribution in [0, 0.1) is 0 Å². The van der Waals surface area contributed by atoms with Gasteiger partial charge in [0.1, 0.15) is 0 Å². The van der Waals surface area contributed by atoms with Crippen molar-refractivity contribution in [2.24, 2.45) is 5.73 Å². The summed E-state index contributed by atoms with van der Waals surface area (Å²) in [6.45, 7) is 7.24. The lowest BCUT2D eigenvalue weighted by molar-refractivity contribution is 0.153. The van der Waals surface area contributed by atoms with Gasteiger partial charge in [-0.05, 0) is 39.8 Å². The molecule has 5 heteroatoms. The summed E-state index contributed by atoms with van der Waals surface area (Å²) in [5.74, 6) is 1.92. The summed E-state index contributed by atoms with van der Waals surface area (Å²) in [6, 6.07) is 0.587. The molecule has 2 N–H and O–H groups in total. The van der Waals surface area contributed by atoms with E-state index in [0.29, 0.717) is 24.9 Å². The third kappa shape index (κ3) is 3.04. The number of likely N-dealkylation sites (tertiary alicyclic amines) is 1. The molecule has 5 nitrogen and oxygen atoms in total. The first-order valence-corrected chi connectivity index (χ1v) is 6.47. The zero-order valence-electron chi connectivity index (χ0n) is 10.7. The van der Waals surface area contributed by atoms with Crippen molar-refractivity contribution in [3.63, 3.8) is 0 Å². The molecular formula is C12H22N4O. The van der Waals surface area contributed by atoms with Crippen LogP contribution < -0.4 is 5.73 Å². The highest BCUT2D eigenvalue weighted by molar-refractivity contribution is 4.98. The Hall–Kier alpha value is -0.940. The van der Waals surface area contributed by atoms with Crippen LogP contribution >= 0.6 is 0 Å². The van der Waals surface area contributed by atoms with E-state index < -0.39 is 0 Å². The van der Waals surface area contributed by atoms with E-state index >= 15 is 0 Å². The molecule has 0 aromatic carbocycles. The molecule has 0 saturated carbocycles. The van der Waals surface area contributed by atoms with Gasteiger partial charge in [-0.3, -0.25) is 0 Å². The number of nitrogens with zero attached hydrogens (tertiary/aromatic N) is 3. The Balaban J connectivity index is 2.00. The van der Waals surface area contributed by atoms with Crippen molar-refractivity contribution in [1.82, 2.24) is 15.0 Å². The number of rotatable bonds is 4. The van der Waals surface area contributed by atoms with Gasteiger partial charge in [0.2, 0.25) is 5.89 Å². The fraction of sp³-hybridized carbons (Fsp3) is 0.833. The maximum absolute atomic E-state index is 5.48. The first-order valence-electron chi connectivity index (χ1n) is 6.47. The van der Waals surface area contributed by atoms with Crippen molar-refractivity contribution in [1.29, 1.82) is 0 Å². The quantitative estimate of drug-likeness (QED) is 0.852. The fourth-order valence-corrected chi connectivity index (χ4v) is 2.34. The molecule has 1 aromatic rings. The Morgan fingerprint density at radius 1 is 1.53 bits per heavy atom. The molecule has 1 aliphatic rings. The number of hydrogen-bond donors (Lipinski definition) is 1. The minimum atomic E-state index is 0.394. The first-order chi connectivity index (χ1) is 8.20. The van der Waals surface area contributed by atoms with E-state index in [-0.39, 0.29) is 0 Å².